The van der Waals surface area contributed by atoms with E-state index in [1.165, 1.54) is 36.5 Å². The van der Waals surface area contributed by atoms with Gasteiger partial charge in [-0.25, -0.2) is 9.59 Å². The number of ketones is 4. The Bertz CT molecular complexity index is 3270. The molecule has 516 valence electrons. The van der Waals surface area contributed by atoms with Crippen LogP contribution in [-0.2, 0) is 38.1 Å². The molecule has 16 aliphatic carbocycles. The van der Waals surface area contributed by atoms with Gasteiger partial charge in [-0.05, 0) is 211 Å². The van der Waals surface area contributed by atoms with E-state index in [-0.39, 0.29) is 85.7 Å². The topological polar surface area (TPSA) is 220 Å². The molecule has 0 aliphatic heterocycles. The highest BCUT2D eigenvalue weighted by Gasteiger charge is 2.65. The van der Waals surface area contributed by atoms with Crippen molar-refractivity contribution in [3.05, 3.63) is 69.9 Å². The zero-order valence-electron chi connectivity index (χ0n) is 58.4. The van der Waals surface area contributed by atoms with Crippen LogP contribution in [0.4, 0.5) is 9.59 Å². The van der Waals surface area contributed by atoms with Gasteiger partial charge in [0, 0.05) is 71.0 Å². The van der Waals surface area contributed by atoms with Crippen LogP contribution >= 0.6 is 0 Å². The van der Waals surface area contributed by atoms with E-state index in [1.807, 2.05) is 0 Å². The van der Waals surface area contributed by atoms with Gasteiger partial charge in [-0.3, -0.25) is 19.2 Å². The molecule has 24 atom stereocenters. The third-order valence-corrected chi connectivity index (χ3v) is 30.6. The molecule has 10 saturated carbocycles. The number of carbonyl (C=O) groups is 6. The lowest BCUT2D eigenvalue weighted by Gasteiger charge is -2.58. The van der Waals surface area contributed by atoms with Gasteiger partial charge in [0.15, 0.2) is 0 Å². The molecule has 0 aromatic carbocycles. The molecular formula is C80H112O14. The van der Waals surface area contributed by atoms with Crippen molar-refractivity contribution in [2.45, 2.75) is 272 Å². The Hall–Kier alpha value is -4.50. The van der Waals surface area contributed by atoms with Crippen LogP contribution < -0.4 is 0 Å². The van der Waals surface area contributed by atoms with Crippen molar-refractivity contribution in [2.24, 2.45) is 102 Å². The Morgan fingerprint density at radius 1 is 0.404 bits per heavy atom. The van der Waals surface area contributed by atoms with Crippen LogP contribution in [0.2, 0.25) is 0 Å². The number of Topliss-reactive ketones (excluding diaryl/α,β-unsaturated/α-hetero) is 4. The first kappa shape index (κ1) is 68.0. The van der Waals surface area contributed by atoms with Crippen LogP contribution in [0.3, 0.4) is 0 Å². The van der Waals surface area contributed by atoms with E-state index in [0.29, 0.717) is 96.2 Å². The molecule has 14 nitrogen and oxygen atoms in total. The molecule has 94 heavy (non-hydrogen) atoms. The van der Waals surface area contributed by atoms with E-state index < -0.39 is 18.4 Å². The Kier molecular flexibility index (Phi) is 17.9. The van der Waals surface area contributed by atoms with Crippen LogP contribution in [0.15, 0.2) is 69.9 Å². The van der Waals surface area contributed by atoms with Gasteiger partial charge in [0.2, 0.25) is 0 Å². The molecule has 0 aromatic rings. The van der Waals surface area contributed by atoms with Gasteiger partial charge in [-0.1, -0.05) is 125 Å². The van der Waals surface area contributed by atoms with Gasteiger partial charge >= 0.3 is 12.3 Å². The Morgan fingerprint density at radius 2 is 0.755 bits per heavy atom. The van der Waals surface area contributed by atoms with Crippen LogP contribution in [0, 0.1) is 102 Å². The summed E-state index contributed by atoms with van der Waals surface area (Å²) in [4.78, 5) is 72.6. The van der Waals surface area contributed by atoms with Gasteiger partial charge in [0.25, 0.3) is 0 Å². The molecule has 16 aliphatic rings. The summed E-state index contributed by atoms with van der Waals surface area (Å²) < 4.78 is 20.1. The molecule has 10 unspecified atom stereocenters. The number of hydrogen-bond donors (Lipinski definition) is 4. The zero-order valence-corrected chi connectivity index (χ0v) is 58.4. The summed E-state index contributed by atoms with van der Waals surface area (Å²) in [6.07, 6.45) is 36.2. The number of aliphatic hydroxyl groups is 4. The maximum Gasteiger partial charge on any atom is 0.508 e. The maximum atomic E-state index is 12.5. The monoisotopic (exact) mass is 1300 g/mol. The summed E-state index contributed by atoms with van der Waals surface area (Å²) in [5.41, 5.74) is 8.02. The van der Waals surface area contributed by atoms with Gasteiger partial charge in [0.1, 0.15) is 35.3 Å². The quantitative estimate of drug-likeness (QED) is 0.149. The predicted molar refractivity (Wildman–Crippen MR) is 356 cm³/mol. The molecule has 0 radical (unpaired) electrons. The molecule has 4 N–H and O–H groups in total. The first-order valence-corrected chi connectivity index (χ1v) is 37.0. The second-order valence-corrected chi connectivity index (χ2v) is 34.8. The second-order valence-electron chi connectivity index (χ2n) is 34.8. The summed E-state index contributed by atoms with van der Waals surface area (Å²) in [6, 6.07) is 0. The molecule has 0 heterocycles. The SMILES string of the molecule is COC(=O)O[C@H]1CC[C@@]2(C)C(=CCC3C2=CC[C@]2(C)C(=O)CCC32)C1.COC(=O)O[C@H]1CC[C@@]2(C)C(=CCC3C2[C@H](O)C[C@]2(C)C(=O)CCC32)C1.C[C@]12CC[C@H](O)CC1=CCC1C2=CC[C@]2(C)C(=O)CCC12.C[C@]12CC[C@H](O)CC1=CCC1C2[C@H](O)C[C@]2(C)C(=O)CCC12. The zero-order chi connectivity index (χ0) is 67.0. The van der Waals surface area contributed by atoms with Crippen molar-refractivity contribution < 1.29 is 68.1 Å². The minimum absolute atomic E-state index is 0.0224. The van der Waals surface area contributed by atoms with E-state index in [2.05, 4.69) is 101 Å². The second kappa shape index (κ2) is 24.7. The van der Waals surface area contributed by atoms with E-state index >= 15 is 0 Å². The van der Waals surface area contributed by atoms with Crippen LogP contribution in [0.1, 0.15) is 235 Å². The lowest BCUT2D eigenvalue weighted by atomic mass is 9.47. The minimum atomic E-state index is -0.620. The Balaban J connectivity index is 0.000000114. The molecule has 14 heteroatoms. The van der Waals surface area contributed by atoms with E-state index in [4.69, 9.17) is 9.47 Å². The van der Waals surface area contributed by atoms with Crippen LogP contribution in [0.5, 0.6) is 0 Å². The van der Waals surface area contributed by atoms with Crippen molar-refractivity contribution in [3.63, 3.8) is 0 Å². The normalized spacial score (nSPS) is 48.0. The number of aliphatic hydroxyl groups excluding tert-OH is 4. The highest BCUT2D eigenvalue weighted by Crippen LogP contribution is 2.68. The van der Waals surface area contributed by atoms with E-state index in [0.717, 1.165) is 154 Å². The molecule has 0 saturated heterocycles. The van der Waals surface area contributed by atoms with Crippen molar-refractivity contribution >= 4 is 35.4 Å². The molecule has 0 spiro atoms. The highest BCUT2D eigenvalue weighted by molar-refractivity contribution is 5.89. The fourth-order valence-electron chi connectivity index (χ4n) is 25.1. The molecule has 0 bridgehead atoms. The minimum Gasteiger partial charge on any atom is -0.438 e. The smallest absolute Gasteiger partial charge is 0.438 e. The summed E-state index contributed by atoms with van der Waals surface area (Å²) in [7, 11) is 2.69. The number of carbonyl (C=O) groups excluding carboxylic acids is 6. The summed E-state index contributed by atoms with van der Waals surface area (Å²) in [6.45, 7) is 17.9. The standard InChI is InChI=1S/C21H30O5.C21H28O4.C19H28O3.C19H26O2/c1-20-9-8-13(26-19(24)25-3)10-12(20)4-5-14-15-6-7-17(23)21(15,2)11-16(22)18(14)20;1-20-10-8-14(25-19(23)24-3)12-13(20)4-5-15-16-6-7-18(22)21(16,2)11-9-17(15)20;1-18-8-7-12(20)9-11(18)3-4-13-14-5-6-16(22)19(14,2)10-15(21)17(13)18;1-18-9-7-13(20)11-12(18)3-4-14-15-5-6-17(21)19(15,2)10-8-16(14)18/h4,13-16,18,22H,5-11H2,1-3H3;4,9,14-16H,5-8,10-12H2,1-3H3;3,12-15,17,20-21H,4-10H2,1-2H3;3,8,13-15,20H,4-7,9-11H2,1-2H3/t13-,14?,15?,16+,18?,20-,21-;14-,15?,16?,20-,21-;12-,13?,14?,15+,17?,18-,19-;13-,14?,15?,18-,19-/m0000/s1. The van der Waals surface area contributed by atoms with Gasteiger partial charge in [0.05, 0.1) is 38.6 Å². The van der Waals surface area contributed by atoms with Crippen molar-refractivity contribution in [3.8, 4) is 0 Å². The predicted octanol–water partition coefficient (Wildman–Crippen LogP) is 14.9. The van der Waals surface area contributed by atoms with Crippen LogP contribution in [0.25, 0.3) is 0 Å². The third kappa shape index (κ3) is 10.9. The lowest BCUT2D eigenvalue weighted by molar-refractivity contribution is -0.145. The highest BCUT2D eigenvalue weighted by atomic mass is 16.7. The average molecular weight is 1300 g/mol. The molecule has 0 amide bonds. The Morgan fingerprint density at radius 3 is 1.21 bits per heavy atom. The molecule has 10 fully saturated rings. The van der Waals surface area contributed by atoms with Crippen LogP contribution in [-0.4, -0.2) is 107 Å². The number of allylic oxidation sites excluding steroid dienone is 8. The number of fused-ring (bicyclic) bond motifs is 20. The van der Waals surface area contributed by atoms with Crippen molar-refractivity contribution in [1.82, 2.24) is 0 Å². The average Bonchev–Trinajstić information content (AvgIpc) is 1.30. The first-order valence-electron chi connectivity index (χ1n) is 37.0. The van der Waals surface area contributed by atoms with E-state index in [9.17, 15) is 49.2 Å². The summed E-state index contributed by atoms with van der Waals surface area (Å²) in [5, 5.41) is 42.0. The fourth-order valence-corrected chi connectivity index (χ4v) is 25.1. The van der Waals surface area contributed by atoms with Gasteiger partial charge < -0.3 is 39.4 Å². The molecule has 16 rings (SSSR count). The Labute approximate surface area is 559 Å². The number of methoxy groups -OCH3 is 2. The largest absolute Gasteiger partial charge is 0.508 e. The maximum absolute atomic E-state index is 12.5. The first-order chi connectivity index (χ1) is 44.5. The number of hydrogen-bond acceptors (Lipinski definition) is 14. The lowest BCUT2D eigenvalue weighted by Crippen LogP contribution is -2.56. The fraction of sp³-hybridized carbons (Fsp3) is 0.775. The van der Waals surface area contributed by atoms with E-state index in [1.54, 1.807) is 11.1 Å². The van der Waals surface area contributed by atoms with Crippen molar-refractivity contribution in [1.29, 1.82) is 0 Å². The number of rotatable bonds is 2. The third-order valence-electron chi connectivity index (χ3n) is 30.6. The summed E-state index contributed by atoms with van der Waals surface area (Å²) in [5.74, 6) is 5.90. The van der Waals surface area contributed by atoms with Crippen molar-refractivity contribution in [2.75, 3.05) is 14.2 Å². The molecule has 0 aromatic heterocycles. The van der Waals surface area contributed by atoms with Gasteiger partial charge in [-0.15, -0.1) is 0 Å². The molecular weight excluding hydrogens is 1180 g/mol. The number of ether oxygens (including phenoxy) is 4. The van der Waals surface area contributed by atoms with Gasteiger partial charge in [-0.2, -0.15) is 0 Å². The summed E-state index contributed by atoms with van der Waals surface area (Å²) >= 11 is 0.